The molecule has 0 atom stereocenters. The number of anilines is 1. The molecule has 2 heterocycles. The van der Waals surface area contributed by atoms with Gasteiger partial charge in [0.15, 0.2) is 10.2 Å². The van der Waals surface area contributed by atoms with Crippen LogP contribution >= 0.6 is 11.8 Å². The summed E-state index contributed by atoms with van der Waals surface area (Å²) >= 11 is 0.961. The first-order chi connectivity index (χ1) is 8.20. The summed E-state index contributed by atoms with van der Waals surface area (Å²) in [6.45, 7) is 0. The van der Waals surface area contributed by atoms with Crippen molar-refractivity contribution >= 4 is 23.4 Å². The number of aromatic amines is 1. The number of nitro groups is 1. The molecular weight excluding hydrogens is 248 g/mol. The second-order valence-electron chi connectivity index (χ2n) is 2.68. The Bertz CT molecular complexity index is 529. The highest BCUT2D eigenvalue weighted by Crippen LogP contribution is 2.30. The van der Waals surface area contributed by atoms with Gasteiger partial charge in [-0.1, -0.05) is 0 Å². The average Bonchev–Trinajstić information content (AvgIpc) is 2.81. The topological polar surface area (TPSA) is 149 Å². The highest BCUT2D eigenvalue weighted by atomic mass is 32.2. The maximum atomic E-state index is 10.8. The molecular formula is C6H6N8O2S. The molecule has 0 saturated heterocycles. The second kappa shape index (κ2) is 4.71. The lowest BCUT2D eigenvalue weighted by Gasteiger charge is -2.01. The zero-order chi connectivity index (χ0) is 12.3. The number of nitrogen functional groups attached to an aromatic ring is 1. The smallest absolute Gasteiger partial charge is 0.292 e. The Hall–Kier alpha value is -2.27. The van der Waals surface area contributed by atoms with Crippen LogP contribution < -0.4 is 11.3 Å². The van der Waals surface area contributed by atoms with Gasteiger partial charge in [-0.05, 0) is 11.8 Å². The number of aromatic nitrogens is 5. The van der Waals surface area contributed by atoms with Gasteiger partial charge in [-0.3, -0.25) is 20.6 Å². The van der Waals surface area contributed by atoms with Gasteiger partial charge >= 0.3 is 5.69 Å². The highest BCUT2D eigenvalue weighted by molar-refractivity contribution is 7.99. The highest BCUT2D eigenvalue weighted by Gasteiger charge is 2.19. The monoisotopic (exact) mass is 254 g/mol. The molecule has 2 aromatic rings. The van der Waals surface area contributed by atoms with Crippen LogP contribution in [0.1, 0.15) is 0 Å². The van der Waals surface area contributed by atoms with Crippen LogP contribution in [-0.2, 0) is 0 Å². The van der Waals surface area contributed by atoms with E-state index in [9.17, 15) is 10.1 Å². The Kier molecular flexibility index (Phi) is 3.11. The molecule has 0 radical (unpaired) electrons. The van der Waals surface area contributed by atoms with Crippen molar-refractivity contribution in [2.45, 2.75) is 10.2 Å². The van der Waals surface area contributed by atoms with Crippen LogP contribution in [0.25, 0.3) is 0 Å². The van der Waals surface area contributed by atoms with Crippen molar-refractivity contribution in [1.82, 2.24) is 25.1 Å². The number of H-pyrrole nitrogens is 1. The average molecular weight is 254 g/mol. The van der Waals surface area contributed by atoms with E-state index in [1.807, 2.05) is 0 Å². The maximum absolute atomic E-state index is 10.8. The van der Waals surface area contributed by atoms with Gasteiger partial charge in [0, 0.05) is 0 Å². The fourth-order valence-electron chi connectivity index (χ4n) is 0.965. The van der Waals surface area contributed by atoms with Crippen LogP contribution in [0.4, 0.5) is 11.6 Å². The van der Waals surface area contributed by atoms with Crippen molar-refractivity contribution in [3.05, 3.63) is 22.6 Å². The molecule has 0 aliphatic heterocycles. The summed E-state index contributed by atoms with van der Waals surface area (Å²) in [6.07, 6.45) is 2.36. The lowest BCUT2D eigenvalue weighted by atomic mass is 10.5. The summed E-state index contributed by atoms with van der Waals surface area (Å²) in [4.78, 5) is 21.5. The zero-order valence-corrected chi connectivity index (χ0v) is 9.01. The first kappa shape index (κ1) is 11.2. The van der Waals surface area contributed by atoms with Gasteiger partial charge in [-0.2, -0.15) is 10.1 Å². The third-order valence-corrected chi connectivity index (χ3v) is 2.53. The number of hydrazine groups is 1. The van der Waals surface area contributed by atoms with Crippen LogP contribution in [0.3, 0.4) is 0 Å². The fourth-order valence-corrected chi connectivity index (χ4v) is 1.71. The van der Waals surface area contributed by atoms with Gasteiger partial charge in [-0.25, -0.2) is 15.8 Å². The number of hydrogen-bond donors (Lipinski definition) is 3. The van der Waals surface area contributed by atoms with Crippen LogP contribution in [0, 0.1) is 10.1 Å². The molecule has 0 fully saturated rings. The number of nitrogens with one attached hydrogen (secondary N) is 2. The second-order valence-corrected chi connectivity index (χ2v) is 3.66. The van der Waals surface area contributed by atoms with E-state index < -0.39 is 4.92 Å². The third-order valence-electron chi connectivity index (χ3n) is 1.65. The van der Waals surface area contributed by atoms with Gasteiger partial charge in [0.1, 0.15) is 12.5 Å². The molecule has 2 aromatic heterocycles. The van der Waals surface area contributed by atoms with Gasteiger partial charge < -0.3 is 0 Å². The molecule has 10 nitrogen and oxygen atoms in total. The van der Waals surface area contributed by atoms with Crippen molar-refractivity contribution in [1.29, 1.82) is 0 Å². The van der Waals surface area contributed by atoms with Crippen LogP contribution in [-0.4, -0.2) is 30.1 Å². The number of rotatable bonds is 4. The molecule has 4 N–H and O–H groups in total. The molecule has 0 aliphatic carbocycles. The van der Waals surface area contributed by atoms with Crippen LogP contribution in [0.5, 0.6) is 0 Å². The molecule has 0 aromatic carbocycles. The predicted molar refractivity (Wildman–Crippen MR) is 57.0 cm³/mol. The molecule has 11 heteroatoms. The van der Waals surface area contributed by atoms with Crippen molar-refractivity contribution in [3.63, 3.8) is 0 Å². The van der Waals surface area contributed by atoms with E-state index in [0.717, 1.165) is 18.0 Å². The molecule has 2 rings (SSSR count). The normalized spacial score (nSPS) is 10.2. The van der Waals surface area contributed by atoms with E-state index in [1.165, 1.54) is 6.33 Å². The predicted octanol–water partition coefficient (Wildman–Crippen LogP) is -0.0603. The largest absolute Gasteiger partial charge is 0.320 e. The summed E-state index contributed by atoms with van der Waals surface area (Å²) in [7, 11) is 0. The number of nitrogens with two attached hydrogens (primary N) is 1. The Morgan fingerprint density at radius 2 is 2.35 bits per heavy atom. The standard InChI is InChI=1S/C6H6N8O2S/c7-12-5-8-1-3(14(15)16)4(11-5)17-6-9-2-10-13-6/h1-2H,7H2,(H,8,11,12)(H,9,10,13). The Labute approximate surface area is 98.2 Å². The van der Waals surface area contributed by atoms with E-state index in [4.69, 9.17) is 5.84 Å². The lowest BCUT2D eigenvalue weighted by molar-refractivity contribution is -0.388. The molecule has 0 spiro atoms. The molecule has 0 aliphatic rings. The molecule has 88 valence electrons. The van der Waals surface area contributed by atoms with Crippen LogP contribution in [0.15, 0.2) is 22.7 Å². The minimum atomic E-state index is -0.584. The molecule has 0 saturated carbocycles. The fraction of sp³-hybridized carbons (Fsp3) is 0. The van der Waals surface area contributed by atoms with Crippen LogP contribution in [0.2, 0.25) is 0 Å². The Morgan fingerprint density at radius 1 is 1.53 bits per heavy atom. The summed E-state index contributed by atoms with van der Waals surface area (Å²) in [6, 6.07) is 0. The minimum Gasteiger partial charge on any atom is -0.292 e. The maximum Gasteiger partial charge on any atom is 0.320 e. The first-order valence-corrected chi connectivity index (χ1v) is 5.03. The van der Waals surface area contributed by atoms with Gasteiger partial charge in [0.2, 0.25) is 5.95 Å². The van der Waals surface area contributed by atoms with Gasteiger partial charge in [0.25, 0.3) is 0 Å². The van der Waals surface area contributed by atoms with Crippen molar-refractivity contribution in [3.8, 4) is 0 Å². The molecule has 0 unspecified atom stereocenters. The van der Waals surface area contributed by atoms with Gasteiger partial charge in [0.05, 0.1) is 4.92 Å². The first-order valence-electron chi connectivity index (χ1n) is 4.22. The Balaban J connectivity index is 2.38. The number of nitrogens with zero attached hydrogens (tertiary/aromatic N) is 5. The third kappa shape index (κ3) is 2.46. The summed E-state index contributed by atoms with van der Waals surface area (Å²) < 4.78 is 0. The van der Waals surface area contributed by atoms with E-state index in [2.05, 4.69) is 30.6 Å². The quantitative estimate of drug-likeness (QED) is 0.295. The SMILES string of the molecule is NNc1ncc([N+](=O)[O-])c(Sc2ncn[nH]2)n1. The van der Waals surface area contributed by atoms with E-state index >= 15 is 0 Å². The molecule has 0 amide bonds. The van der Waals surface area contributed by atoms with E-state index in [0.29, 0.717) is 5.16 Å². The van der Waals surface area contributed by atoms with E-state index in [-0.39, 0.29) is 16.7 Å². The number of hydrogen-bond acceptors (Lipinski definition) is 9. The summed E-state index contributed by atoms with van der Waals surface area (Å²) in [5.74, 6) is 5.21. The van der Waals surface area contributed by atoms with Crippen molar-refractivity contribution in [2.24, 2.45) is 5.84 Å². The Morgan fingerprint density at radius 3 is 2.94 bits per heavy atom. The lowest BCUT2D eigenvalue weighted by Crippen LogP contribution is -2.11. The van der Waals surface area contributed by atoms with Crippen molar-refractivity contribution in [2.75, 3.05) is 5.43 Å². The van der Waals surface area contributed by atoms with E-state index in [1.54, 1.807) is 0 Å². The van der Waals surface area contributed by atoms with Crippen molar-refractivity contribution < 1.29 is 4.92 Å². The summed E-state index contributed by atoms with van der Waals surface area (Å²) in [5, 5.41) is 17.4. The van der Waals surface area contributed by atoms with Gasteiger partial charge in [-0.15, -0.1) is 0 Å². The summed E-state index contributed by atoms with van der Waals surface area (Å²) in [5.41, 5.74) is 1.98. The minimum absolute atomic E-state index is 0.0811. The molecule has 0 bridgehead atoms. The zero-order valence-electron chi connectivity index (χ0n) is 8.19. The molecule has 17 heavy (non-hydrogen) atoms.